The molecule has 1 heterocycles. The summed E-state index contributed by atoms with van der Waals surface area (Å²) in [6, 6.07) is 6.77. The molecule has 2 rings (SSSR count). The summed E-state index contributed by atoms with van der Waals surface area (Å²) < 4.78 is 0. The van der Waals surface area contributed by atoms with Crippen molar-refractivity contribution < 1.29 is 4.92 Å². The Kier molecular flexibility index (Phi) is 3.44. The van der Waals surface area contributed by atoms with Gasteiger partial charge in [0, 0.05) is 25.7 Å². The third-order valence-electron chi connectivity index (χ3n) is 3.15. The number of anilines is 1. The Hall–Kier alpha value is -2.13. The van der Waals surface area contributed by atoms with Gasteiger partial charge in [-0.3, -0.25) is 10.1 Å². The summed E-state index contributed by atoms with van der Waals surface area (Å²) in [5.74, 6) is 0. The summed E-state index contributed by atoms with van der Waals surface area (Å²) in [4.78, 5) is 12.6. The molecule has 6 heteroatoms. The Morgan fingerprint density at radius 1 is 1.61 bits per heavy atom. The van der Waals surface area contributed by atoms with E-state index < -0.39 is 4.92 Å². The van der Waals surface area contributed by atoms with Crippen LogP contribution < -0.4 is 10.2 Å². The van der Waals surface area contributed by atoms with Gasteiger partial charge in [0.1, 0.15) is 5.69 Å². The van der Waals surface area contributed by atoms with Crippen LogP contribution in [0.5, 0.6) is 0 Å². The van der Waals surface area contributed by atoms with Gasteiger partial charge in [-0.05, 0) is 19.1 Å². The molecular weight excluding hydrogens is 232 g/mol. The lowest BCUT2D eigenvalue weighted by molar-refractivity contribution is -0.384. The van der Waals surface area contributed by atoms with E-state index in [0.717, 1.165) is 13.1 Å². The zero-order valence-electron chi connectivity index (χ0n) is 10.1. The topological polar surface area (TPSA) is 82.2 Å². The molecule has 0 radical (unpaired) electrons. The molecule has 1 N–H and O–H groups in total. The fourth-order valence-electron chi connectivity index (χ4n) is 2.10. The van der Waals surface area contributed by atoms with Crippen molar-refractivity contribution in [3.8, 4) is 6.07 Å². The zero-order valence-corrected chi connectivity index (χ0v) is 10.1. The van der Waals surface area contributed by atoms with E-state index in [4.69, 9.17) is 5.26 Å². The van der Waals surface area contributed by atoms with Crippen molar-refractivity contribution in [2.45, 2.75) is 13.0 Å². The number of hydrogen-bond donors (Lipinski definition) is 1. The standard InChI is InChI=1S/C12H14N4O2/c1-2-15(10-7-14-8-10)12-5-9(6-13)3-4-11(12)16(17)18/h3-5,10,14H,2,7-8H2,1H3. The smallest absolute Gasteiger partial charge is 0.292 e. The zero-order chi connectivity index (χ0) is 13.1. The summed E-state index contributed by atoms with van der Waals surface area (Å²) in [6.45, 7) is 4.28. The Labute approximate surface area is 105 Å². The Morgan fingerprint density at radius 3 is 2.78 bits per heavy atom. The molecule has 94 valence electrons. The second-order valence-electron chi connectivity index (χ2n) is 4.17. The van der Waals surface area contributed by atoms with Crippen molar-refractivity contribution in [2.24, 2.45) is 0 Å². The molecule has 1 saturated heterocycles. The van der Waals surface area contributed by atoms with Gasteiger partial charge in [0.05, 0.1) is 22.6 Å². The molecule has 1 aliphatic heterocycles. The second kappa shape index (κ2) is 5.02. The van der Waals surface area contributed by atoms with Gasteiger partial charge < -0.3 is 10.2 Å². The van der Waals surface area contributed by atoms with Crippen LogP contribution in [0.3, 0.4) is 0 Å². The minimum absolute atomic E-state index is 0.0581. The minimum atomic E-state index is -0.398. The first kappa shape index (κ1) is 12.3. The van der Waals surface area contributed by atoms with Crippen molar-refractivity contribution >= 4 is 11.4 Å². The molecule has 6 nitrogen and oxygen atoms in total. The fraction of sp³-hybridized carbons (Fsp3) is 0.417. The molecular formula is C12H14N4O2. The van der Waals surface area contributed by atoms with Crippen molar-refractivity contribution in [1.82, 2.24) is 5.32 Å². The van der Waals surface area contributed by atoms with Crippen LogP contribution in [-0.4, -0.2) is 30.6 Å². The van der Waals surface area contributed by atoms with Crippen LogP contribution in [0.2, 0.25) is 0 Å². The Bertz CT molecular complexity index is 505. The van der Waals surface area contributed by atoms with Crippen molar-refractivity contribution in [3.05, 3.63) is 33.9 Å². The highest BCUT2D eigenvalue weighted by Gasteiger charge is 2.28. The SMILES string of the molecule is CCN(c1cc(C#N)ccc1[N+](=O)[O-])C1CNC1. The van der Waals surface area contributed by atoms with E-state index in [0.29, 0.717) is 17.8 Å². The average Bonchev–Trinajstić information content (AvgIpc) is 2.32. The third-order valence-corrected chi connectivity index (χ3v) is 3.15. The van der Waals surface area contributed by atoms with Crippen LogP contribution in [-0.2, 0) is 0 Å². The van der Waals surface area contributed by atoms with Crippen LogP contribution in [0, 0.1) is 21.4 Å². The number of benzene rings is 1. The highest BCUT2D eigenvalue weighted by molar-refractivity contribution is 5.66. The van der Waals surface area contributed by atoms with Gasteiger partial charge in [0.25, 0.3) is 5.69 Å². The van der Waals surface area contributed by atoms with Gasteiger partial charge in [-0.25, -0.2) is 0 Å². The molecule has 0 saturated carbocycles. The monoisotopic (exact) mass is 246 g/mol. The Balaban J connectivity index is 2.44. The van der Waals surface area contributed by atoms with Crippen molar-refractivity contribution in [2.75, 3.05) is 24.5 Å². The second-order valence-corrected chi connectivity index (χ2v) is 4.17. The third kappa shape index (κ3) is 2.13. The molecule has 1 fully saturated rings. The van der Waals surface area contributed by atoms with Crippen LogP contribution in [0.1, 0.15) is 12.5 Å². The van der Waals surface area contributed by atoms with E-state index in [1.807, 2.05) is 17.9 Å². The van der Waals surface area contributed by atoms with E-state index in [9.17, 15) is 10.1 Å². The lowest BCUT2D eigenvalue weighted by atomic mass is 10.1. The van der Waals surface area contributed by atoms with Crippen LogP contribution in [0.4, 0.5) is 11.4 Å². The lowest BCUT2D eigenvalue weighted by Crippen LogP contribution is -2.57. The largest absolute Gasteiger partial charge is 0.361 e. The number of nitrogens with zero attached hydrogens (tertiary/aromatic N) is 3. The van der Waals surface area contributed by atoms with Crippen molar-refractivity contribution in [3.63, 3.8) is 0 Å². The van der Waals surface area contributed by atoms with E-state index in [1.54, 1.807) is 6.07 Å². The summed E-state index contributed by atoms with van der Waals surface area (Å²) in [5, 5.41) is 23.1. The molecule has 1 aromatic rings. The number of nitriles is 1. The van der Waals surface area contributed by atoms with E-state index in [-0.39, 0.29) is 11.7 Å². The van der Waals surface area contributed by atoms with E-state index in [2.05, 4.69) is 5.32 Å². The first-order chi connectivity index (χ1) is 8.67. The number of likely N-dealkylation sites (N-methyl/N-ethyl adjacent to an activating group) is 1. The quantitative estimate of drug-likeness (QED) is 0.639. The fourth-order valence-corrected chi connectivity index (χ4v) is 2.10. The number of hydrogen-bond acceptors (Lipinski definition) is 5. The van der Waals surface area contributed by atoms with Gasteiger partial charge in [-0.2, -0.15) is 5.26 Å². The maximum Gasteiger partial charge on any atom is 0.292 e. The molecule has 18 heavy (non-hydrogen) atoms. The Morgan fingerprint density at radius 2 is 2.33 bits per heavy atom. The summed E-state index contributed by atoms with van der Waals surface area (Å²) >= 11 is 0. The molecule has 0 aromatic heterocycles. The lowest BCUT2D eigenvalue weighted by Gasteiger charge is -2.38. The number of nitro groups is 1. The maximum absolute atomic E-state index is 11.1. The summed E-state index contributed by atoms with van der Waals surface area (Å²) in [7, 11) is 0. The van der Waals surface area contributed by atoms with Crippen LogP contribution in [0.15, 0.2) is 18.2 Å². The predicted octanol–water partition coefficient (Wildman–Crippen LogP) is 1.26. The molecule has 0 bridgehead atoms. The molecule has 0 aliphatic carbocycles. The molecule has 0 amide bonds. The molecule has 0 spiro atoms. The highest BCUT2D eigenvalue weighted by Crippen LogP contribution is 2.31. The average molecular weight is 246 g/mol. The molecule has 0 atom stereocenters. The van der Waals surface area contributed by atoms with Crippen LogP contribution in [0.25, 0.3) is 0 Å². The van der Waals surface area contributed by atoms with E-state index >= 15 is 0 Å². The number of rotatable bonds is 4. The number of nitrogens with one attached hydrogen (secondary N) is 1. The van der Waals surface area contributed by atoms with Crippen molar-refractivity contribution in [1.29, 1.82) is 5.26 Å². The molecule has 1 aromatic carbocycles. The number of nitro benzene ring substituents is 1. The molecule has 1 aliphatic rings. The van der Waals surface area contributed by atoms with Gasteiger partial charge in [-0.1, -0.05) is 0 Å². The van der Waals surface area contributed by atoms with E-state index in [1.165, 1.54) is 12.1 Å². The molecule has 0 unspecified atom stereocenters. The highest BCUT2D eigenvalue weighted by atomic mass is 16.6. The predicted molar refractivity (Wildman–Crippen MR) is 67.5 cm³/mol. The van der Waals surface area contributed by atoms with Gasteiger partial charge in [0.2, 0.25) is 0 Å². The maximum atomic E-state index is 11.1. The minimum Gasteiger partial charge on any atom is -0.361 e. The van der Waals surface area contributed by atoms with Gasteiger partial charge in [0.15, 0.2) is 0 Å². The van der Waals surface area contributed by atoms with Crippen LogP contribution >= 0.6 is 0 Å². The van der Waals surface area contributed by atoms with Gasteiger partial charge >= 0.3 is 0 Å². The first-order valence-corrected chi connectivity index (χ1v) is 5.83. The summed E-state index contributed by atoms with van der Waals surface area (Å²) in [6.07, 6.45) is 0. The van der Waals surface area contributed by atoms with Gasteiger partial charge in [-0.15, -0.1) is 0 Å². The normalized spacial score (nSPS) is 14.7. The summed E-state index contributed by atoms with van der Waals surface area (Å²) in [5.41, 5.74) is 1.04. The first-order valence-electron chi connectivity index (χ1n) is 5.83.